The maximum atomic E-state index is 14.5. The number of carbonyl (C=O) groups is 9. The molecule has 15 N–H and O–H groups in total. The van der Waals surface area contributed by atoms with Crippen LogP contribution in [-0.4, -0.2) is 154 Å². The first kappa shape index (κ1) is 61.4. The second-order valence-corrected chi connectivity index (χ2v) is 20.6. The number of hydrogen-bond acceptors (Lipinski definition) is 14. The molecular formula is C50H82N10O13. The Morgan fingerprint density at radius 3 is 1.75 bits per heavy atom. The number of benzene rings is 1. The van der Waals surface area contributed by atoms with E-state index in [9.17, 15) is 63.6 Å². The van der Waals surface area contributed by atoms with E-state index in [1.165, 1.54) is 12.1 Å². The van der Waals surface area contributed by atoms with E-state index in [4.69, 9.17) is 5.73 Å². The summed E-state index contributed by atoms with van der Waals surface area (Å²) in [4.78, 5) is 121. The first-order chi connectivity index (χ1) is 34.4. The van der Waals surface area contributed by atoms with Crippen LogP contribution in [-0.2, 0) is 49.6 Å². The summed E-state index contributed by atoms with van der Waals surface area (Å²) in [7, 11) is 0. The highest BCUT2D eigenvalue weighted by Crippen LogP contribution is 2.37. The summed E-state index contributed by atoms with van der Waals surface area (Å²) < 4.78 is 0. The van der Waals surface area contributed by atoms with E-state index >= 15 is 0 Å². The number of nitrogens with two attached hydrogens (primary N) is 1. The van der Waals surface area contributed by atoms with Crippen LogP contribution in [0.3, 0.4) is 0 Å². The lowest BCUT2D eigenvalue weighted by atomic mass is 9.77. The van der Waals surface area contributed by atoms with Gasteiger partial charge >= 0.3 is 5.97 Å². The van der Waals surface area contributed by atoms with Crippen molar-refractivity contribution in [2.24, 2.45) is 41.2 Å². The number of fused-ring (bicyclic) bond motifs is 1. The third-order valence-electron chi connectivity index (χ3n) is 13.6. The number of rotatable bonds is 29. The molecule has 23 heteroatoms. The number of carbonyl (C=O) groups excluding carboxylic acids is 8. The number of aliphatic carboxylic acids is 1. The number of phenolic OH excluding ortho intramolecular Hbond substituents is 1. The molecule has 0 bridgehead atoms. The third-order valence-corrected chi connectivity index (χ3v) is 13.6. The molecule has 3 unspecified atom stereocenters. The minimum absolute atomic E-state index is 0.0224. The van der Waals surface area contributed by atoms with Crippen molar-refractivity contribution in [1.29, 1.82) is 0 Å². The monoisotopic (exact) mass is 1030 g/mol. The molecule has 1 aliphatic heterocycles. The molecule has 1 saturated heterocycles. The largest absolute Gasteiger partial charge is 0.508 e. The number of carboxylic acids is 1. The zero-order valence-electron chi connectivity index (χ0n) is 43.5. The average molecular weight is 1030 g/mol. The van der Waals surface area contributed by atoms with Crippen LogP contribution in [0.2, 0.25) is 0 Å². The van der Waals surface area contributed by atoms with E-state index in [2.05, 4.69) is 47.9 Å². The van der Waals surface area contributed by atoms with Crippen molar-refractivity contribution in [1.82, 2.24) is 47.9 Å². The summed E-state index contributed by atoms with van der Waals surface area (Å²) >= 11 is 0. The topological polar surface area (TPSA) is 369 Å². The Labute approximate surface area is 427 Å². The number of phenols is 1. The fourth-order valence-electron chi connectivity index (χ4n) is 9.13. The molecule has 2 fully saturated rings. The zero-order chi connectivity index (χ0) is 54.7. The SMILES string of the molecule is CC[C@H](C)[C@H](NC(=O)[C@@H](NC(=O)[C@H](CO)NC(=O)[C@@H](N)CO)C(C)C)C(=O)NCC(=O)N[C@H](C(=O)N[C@@H](CC1CNC2CCCCC12)C(=O)N[C@@H](Cc1ccc(O)cc1)C(=O)N[C@@H](CC(C)C)C(=O)O)C(C)C. The number of aromatic hydroxyl groups is 1. The quantitative estimate of drug-likeness (QED) is 0.0431. The van der Waals surface area contributed by atoms with Crippen molar-refractivity contribution >= 4 is 53.2 Å². The van der Waals surface area contributed by atoms with Gasteiger partial charge < -0.3 is 74.0 Å². The van der Waals surface area contributed by atoms with Crippen LogP contribution < -0.4 is 53.6 Å². The number of carboxylic acid groups (broad SMARTS) is 1. The van der Waals surface area contributed by atoms with Gasteiger partial charge in [0.2, 0.25) is 47.3 Å². The van der Waals surface area contributed by atoms with E-state index in [-0.39, 0.29) is 48.8 Å². The number of hydrogen-bond donors (Lipinski definition) is 14. The van der Waals surface area contributed by atoms with Crippen LogP contribution in [0.25, 0.3) is 0 Å². The van der Waals surface area contributed by atoms with Gasteiger partial charge in [-0.05, 0) is 85.4 Å². The van der Waals surface area contributed by atoms with E-state index in [0.717, 1.165) is 25.7 Å². The van der Waals surface area contributed by atoms with Gasteiger partial charge in [0, 0.05) is 12.5 Å². The number of aliphatic hydroxyl groups is 2. The van der Waals surface area contributed by atoms with Crippen LogP contribution >= 0.6 is 0 Å². The molecule has 0 aromatic heterocycles. The molecule has 2 aliphatic rings. The molecule has 410 valence electrons. The zero-order valence-corrected chi connectivity index (χ0v) is 43.5. The molecule has 1 aromatic carbocycles. The number of nitrogens with one attached hydrogen (secondary N) is 9. The summed E-state index contributed by atoms with van der Waals surface area (Å²) in [5.41, 5.74) is 6.06. The molecule has 8 amide bonds. The van der Waals surface area contributed by atoms with Crippen LogP contribution in [0.1, 0.15) is 106 Å². The highest BCUT2D eigenvalue weighted by Gasteiger charge is 2.41. The normalized spacial score (nSPS) is 20.1. The van der Waals surface area contributed by atoms with Gasteiger partial charge in [0.25, 0.3) is 0 Å². The van der Waals surface area contributed by atoms with Crippen LogP contribution in [0, 0.1) is 35.5 Å². The minimum Gasteiger partial charge on any atom is -0.508 e. The first-order valence-electron chi connectivity index (χ1n) is 25.5. The van der Waals surface area contributed by atoms with Crippen molar-refractivity contribution in [3.8, 4) is 5.75 Å². The van der Waals surface area contributed by atoms with Crippen molar-refractivity contribution in [2.45, 2.75) is 161 Å². The second kappa shape index (κ2) is 29.7. The number of amides is 8. The highest BCUT2D eigenvalue weighted by atomic mass is 16.4. The highest BCUT2D eigenvalue weighted by molar-refractivity contribution is 5.97. The second-order valence-electron chi connectivity index (χ2n) is 20.6. The van der Waals surface area contributed by atoms with Crippen LogP contribution in [0.15, 0.2) is 24.3 Å². The summed E-state index contributed by atoms with van der Waals surface area (Å²) in [5.74, 6) is -9.04. The molecular weight excluding hydrogens is 949 g/mol. The maximum Gasteiger partial charge on any atom is 0.326 e. The molecule has 0 radical (unpaired) electrons. The van der Waals surface area contributed by atoms with Crippen molar-refractivity contribution in [3.05, 3.63) is 29.8 Å². The standard InChI is InChI=1S/C50H82N10O13/c1-9-28(8)42(60-49(71)41(27(6)7)59-46(68)38(24-62)57-43(65)33(51)23-61)47(69)53-22-39(64)58-40(26(4)5)48(70)55-36(20-30-21-52-34-13-11-10-12-32(30)34)45(67)54-35(19-29-14-16-31(63)17-15-29)44(66)56-37(50(72)73)18-25(2)3/h14-17,25-28,30,32-38,40-42,52,61-63H,9-13,18-24,51H2,1-8H3,(H,53,69)(H,54,67)(H,55,70)(H,56,66)(H,57,65)(H,58,64)(H,59,68)(H,60,71)(H,72,73)/t28-,30?,32?,33-,34?,35-,36-,37-,38-,40-,41-,42-/m0/s1. The lowest BCUT2D eigenvalue weighted by Gasteiger charge is -2.32. The van der Waals surface area contributed by atoms with Gasteiger partial charge in [0.1, 0.15) is 54.1 Å². The van der Waals surface area contributed by atoms with Crippen molar-refractivity contribution in [2.75, 3.05) is 26.3 Å². The molecule has 12 atom stereocenters. The predicted octanol–water partition coefficient (Wildman–Crippen LogP) is -1.59. The Balaban J connectivity index is 1.81. The Hall–Kier alpha value is -5.91. The fraction of sp³-hybridized carbons (Fsp3) is 0.700. The first-order valence-corrected chi connectivity index (χ1v) is 25.5. The maximum absolute atomic E-state index is 14.5. The van der Waals surface area contributed by atoms with Gasteiger partial charge in [-0.25, -0.2) is 4.79 Å². The Bertz CT molecular complexity index is 2040. The van der Waals surface area contributed by atoms with Gasteiger partial charge in [-0.3, -0.25) is 38.4 Å². The molecule has 73 heavy (non-hydrogen) atoms. The van der Waals surface area contributed by atoms with Crippen LogP contribution in [0.4, 0.5) is 0 Å². The molecule has 3 rings (SSSR count). The van der Waals surface area contributed by atoms with Crippen molar-refractivity contribution < 1.29 is 63.6 Å². The van der Waals surface area contributed by atoms with Crippen LogP contribution in [0.5, 0.6) is 5.75 Å². The van der Waals surface area contributed by atoms with E-state index < -0.39 is 139 Å². The lowest BCUT2D eigenvalue weighted by Crippen LogP contribution is -2.61. The van der Waals surface area contributed by atoms with Gasteiger partial charge in [-0.1, -0.05) is 86.8 Å². The Morgan fingerprint density at radius 1 is 0.644 bits per heavy atom. The predicted molar refractivity (Wildman–Crippen MR) is 269 cm³/mol. The van der Waals surface area contributed by atoms with Gasteiger partial charge in [-0.15, -0.1) is 0 Å². The lowest BCUT2D eigenvalue weighted by molar-refractivity contribution is -0.143. The summed E-state index contributed by atoms with van der Waals surface area (Å²) in [6.45, 7) is 12.1. The Kier molecular flexibility index (Phi) is 25.0. The summed E-state index contributed by atoms with van der Waals surface area (Å²) in [6.07, 6.45) is 4.59. The molecule has 1 aromatic rings. The molecule has 1 heterocycles. The average Bonchev–Trinajstić information content (AvgIpc) is 3.75. The number of aliphatic hydroxyl groups excluding tert-OH is 2. The van der Waals surface area contributed by atoms with Gasteiger partial charge in [0.15, 0.2) is 0 Å². The third kappa shape index (κ3) is 19.1. The van der Waals surface area contributed by atoms with E-state index in [0.29, 0.717) is 18.5 Å². The fourth-order valence-corrected chi connectivity index (χ4v) is 9.13. The van der Waals surface area contributed by atoms with Crippen molar-refractivity contribution in [3.63, 3.8) is 0 Å². The summed E-state index contributed by atoms with van der Waals surface area (Å²) in [6, 6.07) is -4.09. The molecule has 0 spiro atoms. The smallest absolute Gasteiger partial charge is 0.326 e. The van der Waals surface area contributed by atoms with Gasteiger partial charge in [0.05, 0.1) is 19.8 Å². The van der Waals surface area contributed by atoms with E-state index in [1.54, 1.807) is 53.7 Å². The molecule has 1 aliphatic carbocycles. The minimum atomic E-state index is -1.51. The summed E-state index contributed by atoms with van der Waals surface area (Å²) in [5, 5.41) is 63.1. The molecule has 23 nitrogen and oxygen atoms in total. The molecule has 1 saturated carbocycles. The van der Waals surface area contributed by atoms with Gasteiger partial charge in [-0.2, -0.15) is 0 Å². The Morgan fingerprint density at radius 2 is 1.18 bits per heavy atom. The van der Waals surface area contributed by atoms with E-state index in [1.807, 2.05) is 13.8 Å².